The standard InChI is InChI=1S/C23H32FN9OS/c1-13(2)23-29-26-14(3)33(23)17-10-15-4-5-16(11-17)32(15)9-8-18(19-6-7-20(24)35-19)25-22(34)12-21-27-30-31-28-21/h6-7,13,15-18H,4-5,8-12H2,1-3H3,(H,25,34)(H,27,28,30,31)/t15-,16+,17-,18-/m0/s1. The summed E-state index contributed by atoms with van der Waals surface area (Å²) in [5.74, 6) is 2.63. The van der Waals surface area contributed by atoms with Gasteiger partial charge in [-0.1, -0.05) is 13.8 Å². The number of aromatic amines is 1. The first-order valence-corrected chi connectivity index (χ1v) is 13.1. The fourth-order valence-electron chi connectivity index (χ4n) is 5.78. The lowest BCUT2D eigenvalue weighted by molar-refractivity contribution is -0.121. The number of carbonyl (C=O) groups excluding carboxylic acids is 1. The van der Waals surface area contributed by atoms with Crippen LogP contribution in [0.15, 0.2) is 12.1 Å². The predicted octanol–water partition coefficient (Wildman–Crippen LogP) is 3.08. The molecule has 0 saturated carbocycles. The number of H-pyrrole nitrogens is 1. The molecule has 4 atom stereocenters. The Bertz CT molecular complexity index is 1130. The Morgan fingerprint density at radius 2 is 1.97 bits per heavy atom. The Hall–Kier alpha value is -2.73. The molecule has 2 N–H and O–H groups in total. The number of aromatic nitrogens is 7. The molecule has 2 aliphatic rings. The Morgan fingerprint density at radius 1 is 1.20 bits per heavy atom. The fraction of sp³-hybridized carbons (Fsp3) is 0.652. The molecule has 1 amide bonds. The number of thiophene rings is 1. The number of rotatable bonds is 9. The van der Waals surface area contributed by atoms with Gasteiger partial charge in [0.2, 0.25) is 5.91 Å². The summed E-state index contributed by atoms with van der Waals surface area (Å²) in [6, 6.07) is 4.40. The smallest absolute Gasteiger partial charge is 0.228 e. The molecule has 35 heavy (non-hydrogen) atoms. The van der Waals surface area contributed by atoms with Crippen LogP contribution in [0.25, 0.3) is 0 Å². The zero-order valence-electron chi connectivity index (χ0n) is 20.3. The van der Waals surface area contributed by atoms with Crippen LogP contribution in [0.5, 0.6) is 0 Å². The van der Waals surface area contributed by atoms with Crippen molar-refractivity contribution in [2.75, 3.05) is 6.54 Å². The predicted molar refractivity (Wildman–Crippen MR) is 128 cm³/mol. The van der Waals surface area contributed by atoms with Crippen molar-refractivity contribution in [3.05, 3.63) is 39.6 Å². The molecule has 5 rings (SSSR count). The molecule has 188 valence electrons. The Morgan fingerprint density at radius 3 is 2.60 bits per heavy atom. The number of hydrogen-bond acceptors (Lipinski definition) is 8. The monoisotopic (exact) mass is 501 g/mol. The summed E-state index contributed by atoms with van der Waals surface area (Å²) in [7, 11) is 0. The normalized spacial score (nSPS) is 23.2. The summed E-state index contributed by atoms with van der Waals surface area (Å²) >= 11 is 1.09. The summed E-state index contributed by atoms with van der Waals surface area (Å²) in [5.41, 5.74) is 0. The van der Waals surface area contributed by atoms with Gasteiger partial charge < -0.3 is 9.88 Å². The average Bonchev–Trinajstić information content (AvgIpc) is 3.60. The molecule has 2 bridgehead atoms. The summed E-state index contributed by atoms with van der Waals surface area (Å²) in [6.45, 7) is 7.25. The highest BCUT2D eigenvalue weighted by Crippen LogP contribution is 2.42. The van der Waals surface area contributed by atoms with Crippen molar-refractivity contribution in [1.82, 2.24) is 45.6 Å². The van der Waals surface area contributed by atoms with E-state index in [0.29, 0.717) is 29.9 Å². The molecule has 10 nitrogen and oxygen atoms in total. The van der Waals surface area contributed by atoms with E-state index in [2.05, 4.69) is 66.4 Å². The lowest BCUT2D eigenvalue weighted by Gasteiger charge is -2.40. The van der Waals surface area contributed by atoms with Gasteiger partial charge in [0.1, 0.15) is 11.6 Å². The summed E-state index contributed by atoms with van der Waals surface area (Å²) in [5, 5.41) is 25.1. The number of fused-ring (bicyclic) bond motifs is 2. The van der Waals surface area contributed by atoms with E-state index >= 15 is 0 Å². The number of halogens is 1. The van der Waals surface area contributed by atoms with E-state index in [-0.39, 0.29) is 23.5 Å². The largest absolute Gasteiger partial charge is 0.348 e. The highest BCUT2D eigenvalue weighted by atomic mass is 32.1. The Labute approximate surface area is 207 Å². The molecule has 0 radical (unpaired) electrons. The maximum absolute atomic E-state index is 13.8. The SMILES string of the molecule is Cc1nnc(C(C)C)n1[C@@H]1C[C@H]2CC[C@@H](C1)N2CC[C@H](NC(=O)Cc1nnn[nH]1)c1ccc(F)s1. The second-order valence-corrected chi connectivity index (χ2v) is 11.0. The maximum Gasteiger partial charge on any atom is 0.228 e. The molecule has 0 aromatic carbocycles. The van der Waals surface area contributed by atoms with Crippen LogP contribution in [0, 0.1) is 12.1 Å². The minimum Gasteiger partial charge on any atom is -0.348 e. The molecule has 3 aromatic rings. The molecule has 0 spiro atoms. The highest BCUT2D eigenvalue weighted by molar-refractivity contribution is 7.10. The van der Waals surface area contributed by atoms with E-state index < -0.39 is 0 Å². The number of carbonyl (C=O) groups is 1. The first-order chi connectivity index (χ1) is 16.9. The first-order valence-electron chi connectivity index (χ1n) is 12.3. The third kappa shape index (κ3) is 5.13. The molecule has 2 fully saturated rings. The fourth-order valence-corrected chi connectivity index (χ4v) is 6.60. The van der Waals surface area contributed by atoms with E-state index in [1.54, 1.807) is 6.07 Å². The summed E-state index contributed by atoms with van der Waals surface area (Å²) in [6.07, 6.45) is 5.31. The number of piperidine rings is 1. The van der Waals surface area contributed by atoms with Gasteiger partial charge in [-0.15, -0.1) is 26.6 Å². The number of nitrogens with zero attached hydrogens (tertiary/aromatic N) is 7. The molecule has 0 aliphatic carbocycles. The van der Waals surface area contributed by atoms with Crippen molar-refractivity contribution in [2.45, 2.75) is 89.4 Å². The van der Waals surface area contributed by atoms with Crippen molar-refractivity contribution < 1.29 is 9.18 Å². The van der Waals surface area contributed by atoms with E-state index in [1.807, 2.05) is 0 Å². The van der Waals surface area contributed by atoms with Crippen molar-refractivity contribution in [3.63, 3.8) is 0 Å². The van der Waals surface area contributed by atoms with Crippen LogP contribution in [-0.4, -0.2) is 64.8 Å². The average molecular weight is 502 g/mol. The zero-order valence-corrected chi connectivity index (χ0v) is 21.1. The minimum absolute atomic E-state index is 0.0600. The van der Waals surface area contributed by atoms with Crippen molar-refractivity contribution in [1.29, 1.82) is 0 Å². The molecule has 2 saturated heterocycles. The molecular weight excluding hydrogens is 469 g/mol. The van der Waals surface area contributed by atoms with Crippen LogP contribution < -0.4 is 5.32 Å². The van der Waals surface area contributed by atoms with Gasteiger partial charge in [-0.05, 0) is 61.6 Å². The van der Waals surface area contributed by atoms with Gasteiger partial charge in [-0.2, -0.15) is 4.39 Å². The summed E-state index contributed by atoms with van der Waals surface area (Å²) in [4.78, 5) is 16.1. The van der Waals surface area contributed by atoms with Crippen molar-refractivity contribution >= 4 is 17.2 Å². The molecule has 2 aliphatic heterocycles. The summed E-state index contributed by atoms with van der Waals surface area (Å²) < 4.78 is 16.2. The van der Waals surface area contributed by atoms with E-state index in [4.69, 9.17) is 0 Å². The third-order valence-electron chi connectivity index (χ3n) is 7.30. The lowest BCUT2D eigenvalue weighted by atomic mass is 9.95. The van der Waals surface area contributed by atoms with Gasteiger partial charge in [0.25, 0.3) is 0 Å². The van der Waals surface area contributed by atoms with Crippen LogP contribution in [0.1, 0.15) is 86.3 Å². The molecule has 0 unspecified atom stereocenters. The highest BCUT2D eigenvalue weighted by Gasteiger charge is 2.42. The van der Waals surface area contributed by atoms with Crippen LogP contribution in [0.4, 0.5) is 4.39 Å². The topological polar surface area (TPSA) is 118 Å². The lowest BCUT2D eigenvalue weighted by Crippen LogP contribution is -2.45. The molecular formula is C23H32FN9OS. The van der Waals surface area contributed by atoms with Gasteiger partial charge in [0.05, 0.1) is 12.5 Å². The van der Waals surface area contributed by atoms with Gasteiger partial charge in [-0.25, -0.2) is 5.10 Å². The number of tetrazole rings is 1. The van der Waals surface area contributed by atoms with Crippen LogP contribution in [0.3, 0.4) is 0 Å². The van der Waals surface area contributed by atoms with Crippen LogP contribution >= 0.6 is 11.3 Å². The van der Waals surface area contributed by atoms with Crippen molar-refractivity contribution in [3.8, 4) is 0 Å². The Kier molecular flexibility index (Phi) is 6.92. The number of aryl methyl sites for hydroxylation is 1. The zero-order chi connectivity index (χ0) is 24.5. The maximum atomic E-state index is 13.8. The minimum atomic E-state index is -0.252. The van der Waals surface area contributed by atoms with Crippen LogP contribution in [0.2, 0.25) is 0 Å². The molecule has 12 heteroatoms. The van der Waals surface area contributed by atoms with Gasteiger partial charge in [0, 0.05) is 35.5 Å². The first kappa shape index (κ1) is 24.0. The van der Waals surface area contributed by atoms with Crippen molar-refractivity contribution in [2.24, 2.45) is 0 Å². The second-order valence-electron chi connectivity index (χ2n) is 9.95. The second kappa shape index (κ2) is 10.1. The molecule has 3 aromatic heterocycles. The molecule has 5 heterocycles. The van der Waals surface area contributed by atoms with Crippen LogP contribution in [-0.2, 0) is 11.2 Å². The third-order valence-corrected chi connectivity index (χ3v) is 8.29. The number of hydrogen-bond donors (Lipinski definition) is 2. The number of nitrogens with one attached hydrogen (secondary N) is 2. The van der Waals surface area contributed by atoms with Gasteiger partial charge in [0.15, 0.2) is 11.0 Å². The quantitative estimate of drug-likeness (QED) is 0.463. The van der Waals surface area contributed by atoms with Gasteiger partial charge in [-0.3, -0.25) is 9.69 Å². The van der Waals surface area contributed by atoms with E-state index in [9.17, 15) is 9.18 Å². The van der Waals surface area contributed by atoms with E-state index in [0.717, 1.165) is 53.7 Å². The van der Waals surface area contributed by atoms with E-state index in [1.165, 1.54) is 18.9 Å². The number of amides is 1. The Balaban J connectivity index is 1.25. The van der Waals surface area contributed by atoms with Gasteiger partial charge >= 0.3 is 0 Å².